The number of amides is 1. The van der Waals surface area contributed by atoms with Gasteiger partial charge in [0.1, 0.15) is 0 Å². The Kier molecular flexibility index (Phi) is 5.69. The fraction of sp³-hybridized carbons (Fsp3) is 0.667. The summed E-state index contributed by atoms with van der Waals surface area (Å²) in [6, 6.07) is 2.47. The Balaban J connectivity index is 2.25. The normalized spacial score (nSPS) is 14.3. The Morgan fingerprint density at radius 2 is 2.24 bits per heavy atom. The summed E-state index contributed by atoms with van der Waals surface area (Å²) in [5, 5.41) is 10.3. The molecule has 1 aromatic rings. The van der Waals surface area contributed by atoms with Crippen molar-refractivity contribution in [1.82, 2.24) is 20.4 Å². The zero-order chi connectivity index (χ0) is 12.7. The lowest BCUT2D eigenvalue weighted by atomic mass is 10.1. The first-order chi connectivity index (χ1) is 8.15. The van der Waals surface area contributed by atoms with Gasteiger partial charge in [0.05, 0.1) is 6.04 Å². The maximum Gasteiger partial charge on any atom is 0.221 e. The lowest BCUT2D eigenvalue weighted by Crippen LogP contribution is -2.36. The number of rotatable bonds is 7. The van der Waals surface area contributed by atoms with Gasteiger partial charge in [-0.15, -0.1) is 0 Å². The topological polar surface area (TPSA) is 59.0 Å². The minimum Gasteiger partial charge on any atom is -0.356 e. The van der Waals surface area contributed by atoms with Crippen LogP contribution in [0, 0.1) is 0 Å². The second kappa shape index (κ2) is 7.06. The van der Waals surface area contributed by atoms with Crippen LogP contribution in [-0.2, 0) is 4.79 Å². The van der Waals surface area contributed by atoms with Crippen LogP contribution in [-0.4, -0.2) is 34.8 Å². The number of carbonyl (C=O) groups excluding carboxylic acids is 1. The molecule has 1 rings (SSSR count). The van der Waals surface area contributed by atoms with Crippen LogP contribution in [0.1, 0.15) is 33.2 Å². The molecule has 0 aromatic carbocycles. The number of aromatic nitrogens is 2. The summed E-state index contributed by atoms with van der Waals surface area (Å²) < 4.78 is 1.92. The van der Waals surface area contributed by atoms with Crippen molar-refractivity contribution in [3.05, 3.63) is 18.5 Å². The van der Waals surface area contributed by atoms with E-state index in [9.17, 15) is 4.79 Å². The van der Waals surface area contributed by atoms with E-state index in [1.54, 1.807) is 6.20 Å². The van der Waals surface area contributed by atoms with Crippen LogP contribution in [0.4, 0.5) is 0 Å². The summed E-state index contributed by atoms with van der Waals surface area (Å²) in [6.07, 6.45) is 4.24. The van der Waals surface area contributed by atoms with Gasteiger partial charge in [0.25, 0.3) is 0 Å². The predicted octanol–water partition coefficient (Wildman–Crippen LogP) is 0.948. The average Bonchev–Trinajstić information content (AvgIpc) is 2.81. The number of carbonyl (C=O) groups is 1. The zero-order valence-corrected chi connectivity index (χ0v) is 10.8. The molecule has 1 heterocycles. The van der Waals surface area contributed by atoms with Gasteiger partial charge in [0, 0.05) is 37.9 Å². The molecule has 0 unspecified atom stereocenters. The minimum atomic E-state index is 0.0962. The molecule has 0 saturated heterocycles. The van der Waals surface area contributed by atoms with Crippen LogP contribution in [0.3, 0.4) is 0 Å². The summed E-state index contributed by atoms with van der Waals surface area (Å²) >= 11 is 0. The van der Waals surface area contributed by atoms with Gasteiger partial charge in [-0.3, -0.25) is 9.48 Å². The van der Waals surface area contributed by atoms with E-state index < -0.39 is 0 Å². The van der Waals surface area contributed by atoms with Gasteiger partial charge >= 0.3 is 0 Å². The van der Waals surface area contributed by atoms with E-state index in [0.717, 1.165) is 0 Å². The van der Waals surface area contributed by atoms with Crippen LogP contribution >= 0.6 is 0 Å². The predicted molar refractivity (Wildman–Crippen MR) is 67.7 cm³/mol. The van der Waals surface area contributed by atoms with Gasteiger partial charge < -0.3 is 10.6 Å². The molecule has 0 fully saturated rings. The molecule has 0 aliphatic heterocycles. The molecular formula is C12H22N4O. The third-order valence-electron chi connectivity index (χ3n) is 2.86. The first-order valence-electron chi connectivity index (χ1n) is 6.14. The van der Waals surface area contributed by atoms with E-state index >= 15 is 0 Å². The molecule has 5 nitrogen and oxygen atoms in total. The molecule has 0 radical (unpaired) electrons. The smallest absolute Gasteiger partial charge is 0.221 e. The van der Waals surface area contributed by atoms with Crippen molar-refractivity contribution in [2.24, 2.45) is 0 Å². The standard InChI is InChI=1S/C12H22N4O/c1-4-13-12(17)6-8-14-10(2)11(3)16-9-5-7-15-16/h5,7,9-11,14H,4,6,8H2,1-3H3,(H,13,17)/t10-,11-/m1/s1. The maximum atomic E-state index is 11.3. The van der Waals surface area contributed by atoms with Gasteiger partial charge in [-0.2, -0.15) is 5.10 Å². The van der Waals surface area contributed by atoms with Crippen molar-refractivity contribution < 1.29 is 4.79 Å². The third-order valence-corrected chi connectivity index (χ3v) is 2.86. The van der Waals surface area contributed by atoms with Crippen molar-refractivity contribution in [2.45, 2.75) is 39.3 Å². The third kappa shape index (κ3) is 4.56. The van der Waals surface area contributed by atoms with Gasteiger partial charge in [0.15, 0.2) is 0 Å². The lowest BCUT2D eigenvalue weighted by molar-refractivity contribution is -0.120. The lowest BCUT2D eigenvalue weighted by Gasteiger charge is -2.21. The first kappa shape index (κ1) is 13.7. The summed E-state index contributed by atoms with van der Waals surface area (Å²) in [4.78, 5) is 11.3. The van der Waals surface area contributed by atoms with Crippen molar-refractivity contribution in [2.75, 3.05) is 13.1 Å². The molecule has 0 saturated carbocycles. The Morgan fingerprint density at radius 1 is 1.47 bits per heavy atom. The molecule has 0 aliphatic carbocycles. The van der Waals surface area contributed by atoms with E-state index in [0.29, 0.717) is 19.5 Å². The fourth-order valence-electron chi connectivity index (χ4n) is 1.62. The Hall–Kier alpha value is -1.36. The molecule has 2 N–H and O–H groups in total. The molecular weight excluding hydrogens is 216 g/mol. The second-order valence-corrected chi connectivity index (χ2v) is 4.17. The van der Waals surface area contributed by atoms with Crippen LogP contribution in [0.5, 0.6) is 0 Å². The summed E-state index contributed by atoms with van der Waals surface area (Å²) in [7, 11) is 0. The SMILES string of the molecule is CCNC(=O)CCN[C@H](C)[C@@H](C)n1cccn1. The summed E-state index contributed by atoms with van der Waals surface area (Å²) in [5.74, 6) is 0.0962. The van der Waals surface area contributed by atoms with E-state index in [1.165, 1.54) is 0 Å². The summed E-state index contributed by atoms with van der Waals surface area (Å²) in [5.41, 5.74) is 0. The molecule has 0 spiro atoms. The number of hydrogen-bond acceptors (Lipinski definition) is 3. The molecule has 0 aliphatic rings. The molecule has 0 bridgehead atoms. The average molecular weight is 238 g/mol. The van der Waals surface area contributed by atoms with Crippen LogP contribution in [0.2, 0.25) is 0 Å². The molecule has 5 heteroatoms. The maximum absolute atomic E-state index is 11.3. The van der Waals surface area contributed by atoms with Gasteiger partial charge in [-0.05, 0) is 26.8 Å². The Bertz CT molecular complexity index is 323. The number of nitrogens with one attached hydrogen (secondary N) is 2. The Labute approximate surface area is 103 Å². The highest BCUT2D eigenvalue weighted by molar-refractivity contribution is 5.75. The first-order valence-corrected chi connectivity index (χ1v) is 6.14. The van der Waals surface area contributed by atoms with Gasteiger partial charge in [-0.1, -0.05) is 0 Å². The Morgan fingerprint density at radius 3 is 2.82 bits per heavy atom. The monoisotopic (exact) mass is 238 g/mol. The molecule has 1 aromatic heterocycles. The highest BCUT2D eigenvalue weighted by Gasteiger charge is 2.13. The van der Waals surface area contributed by atoms with Crippen LogP contribution < -0.4 is 10.6 Å². The van der Waals surface area contributed by atoms with Crippen molar-refractivity contribution in [1.29, 1.82) is 0 Å². The van der Waals surface area contributed by atoms with Gasteiger partial charge in [-0.25, -0.2) is 0 Å². The highest BCUT2D eigenvalue weighted by atomic mass is 16.1. The second-order valence-electron chi connectivity index (χ2n) is 4.17. The van der Waals surface area contributed by atoms with E-state index in [4.69, 9.17) is 0 Å². The molecule has 96 valence electrons. The highest BCUT2D eigenvalue weighted by Crippen LogP contribution is 2.08. The number of hydrogen-bond donors (Lipinski definition) is 2. The fourth-order valence-corrected chi connectivity index (χ4v) is 1.62. The minimum absolute atomic E-state index is 0.0962. The van der Waals surface area contributed by atoms with Crippen LogP contribution in [0.25, 0.3) is 0 Å². The van der Waals surface area contributed by atoms with E-state index in [1.807, 2.05) is 23.9 Å². The van der Waals surface area contributed by atoms with E-state index in [-0.39, 0.29) is 18.0 Å². The molecule has 2 atom stereocenters. The largest absolute Gasteiger partial charge is 0.356 e. The number of nitrogens with zero attached hydrogens (tertiary/aromatic N) is 2. The van der Waals surface area contributed by atoms with Gasteiger partial charge in [0.2, 0.25) is 5.91 Å². The molecule has 17 heavy (non-hydrogen) atoms. The van der Waals surface area contributed by atoms with Crippen LogP contribution in [0.15, 0.2) is 18.5 Å². The van der Waals surface area contributed by atoms with Crippen molar-refractivity contribution in [3.63, 3.8) is 0 Å². The van der Waals surface area contributed by atoms with Crippen molar-refractivity contribution in [3.8, 4) is 0 Å². The molecule has 1 amide bonds. The summed E-state index contributed by atoms with van der Waals surface area (Å²) in [6.45, 7) is 7.52. The zero-order valence-electron chi connectivity index (χ0n) is 10.8. The van der Waals surface area contributed by atoms with Crippen molar-refractivity contribution >= 4 is 5.91 Å². The van der Waals surface area contributed by atoms with E-state index in [2.05, 4.69) is 29.6 Å². The quantitative estimate of drug-likeness (QED) is 0.743.